The number of carbonyl (C=O) groups excluding carboxylic acids is 1. The maximum atomic E-state index is 11.1. The van der Waals surface area contributed by atoms with Crippen molar-refractivity contribution in [1.29, 1.82) is 0 Å². The zero-order valence-electron chi connectivity index (χ0n) is 12.4. The summed E-state index contributed by atoms with van der Waals surface area (Å²) < 4.78 is 5.23. The summed E-state index contributed by atoms with van der Waals surface area (Å²) in [5.41, 5.74) is 10.2. The summed E-state index contributed by atoms with van der Waals surface area (Å²) in [6.07, 6.45) is 5.20. The summed E-state index contributed by atoms with van der Waals surface area (Å²) in [7, 11) is 1.77. The van der Waals surface area contributed by atoms with Gasteiger partial charge in [0.1, 0.15) is 0 Å². The lowest BCUT2D eigenvalue weighted by Crippen LogP contribution is -2.49. The number of carbonyl (C=O) groups is 1. The van der Waals surface area contributed by atoms with Crippen LogP contribution in [0.25, 0.3) is 0 Å². The van der Waals surface area contributed by atoms with Crippen LogP contribution in [0.4, 0.5) is 0 Å². The molecule has 5 heteroatoms. The molecule has 1 amide bonds. The lowest BCUT2D eigenvalue weighted by atomic mass is 9.95. The van der Waals surface area contributed by atoms with E-state index < -0.39 is 11.4 Å². The Bertz CT molecular complexity index is 280. The van der Waals surface area contributed by atoms with Crippen LogP contribution in [-0.4, -0.2) is 49.7 Å². The van der Waals surface area contributed by atoms with Crippen LogP contribution in [0.1, 0.15) is 39.0 Å². The lowest BCUT2D eigenvalue weighted by Gasteiger charge is -2.32. The normalized spacial score (nSPS) is 24.1. The zero-order valence-corrected chi connectivity index (χ0v) is 12.4. The van der Waals surface area contributed by atoms with Crippen molar-refractivity contribution in [3.05, 3.63) is 0 Å². The number of hydrogen-bond acceptors (Lipinski definition) is 4. The number of amides is 1. The van der Waals surface area contributed by atoms with E-state index in [9.17, 15) is 4.79 Å². The summed E-state index contributed by atoms with van der Waals surface area (Å²) in [6, 6.07) is 0. The van der Waals surface area contributed by atoms with Crippen molar-refractivity contribution in [2.45, 2.75) is 44.6 Å². The van der Waals surface area contributed by atoms with Crippen LogP contribution in [0.15, 0.2) is 0 Å². The fraction of sp³-hybridized carbons (Fsp3) is 0.929. The number of nitrogens with zero attached hydrogens (tertiary/aromatic N) is 1. The van der Waals surface area contributed by atoms with Crippen molar-refractivity contribution in [3.63, 3.8) is 0 Å². The average Bonchev–Trinajstić information content (AvgIpc) is 2.35. The van der Waals surface area contributed by atoms with Gasteiger partial charge in [0.25, 0.3) is 0 Å². The first-order chi connectivity index (χ1) is 8.95. The first kappa shape index (κ1) is 16.4. The Kier molecular flexibility index (Phi) is 6.75. The van der Waals surface area contributed by atoms with E-state index >= 15 is 0 Å². The average molecular weight is 271 g/mol. The lowest BCUT2D eigenvalue weighted by molar-refractivity contribution is -0.122. The van der Waals surface area contributed by atoms with E-state index in [2.05, 4.69) is 4.90 Å². The van der Waals surface area contributed by atoms with E-state index in [1.165, 1.54) is 19.4 Å². The standard InChI is InChI=1S/C14H29N3O2/c1-14(16,13(15)18)7-3-4-8-17-9-5-6-12(10-17)11-19-2/h12H,3-11,16H2,1-2H3,(H2,15,18). The molecule has 1 rings (SSSR count). The Labute approximate surface area is 116 Å². The van der Waals surface area contributed by atoms with Crippen molar-refractivity contribution in [2.24, 2.45) is 17.4 Å². The topological polar surface area (TPSA) is 81.6 Å². The van der Waals surface area contributed by atoms with Gasteiger partial charge in [0, 0.05) is 13.7 Å². The molecule has 1 heterocycles. The Balaban J connectivity index is 2.17. The quantitative estimate of drug-likeness (QED) is 0.637. The number of ether oxygens (including phenoxy) is 1. The number of unbranched alkanes of at least 4 members (excludes halogenated alkanes) is 1. The van der Waals surface area contributed by atoms with Gasteiger partial charge in [0.2, 0.25) is 5.91 Å². The maximum Gasteiger partial charge on any atom is 0.237 e. The van der Waals surface area contributed by atoms with Crippen LogP contribution in [0, 0.1) is 5.92 Å². The molecule has 0 aromatic rings. The number of primary amides is 1. The van der Waals surface area contributed by atoms with Gasteiger partial charge in [-0.2, -0.15) is 0 Å². The first-order valence-electron chi connectivity index (χ1n) is 7.26. The molecule has 0 aromatic heterocycles. The second-order valence-corrected chi connectivity index (χ2v) is 6.00. The molecule has 19 heavy (non-hydrogen) atoms. The van der Waals surface area contributed by atoms with Gasteiger partial charge in [-0.15, -0.1) is 0 Å². The molecule has 1 fully saturated rings. The molecule has 0 radical (unpaired) electrons. The highest BCUT2D eigenvalue weighted by Crippen LogP contribution is 2.18. The molecule has 1 aliphatic rings. The van der Waals surface area contributed by atoms with Gasteiger partial charge < -0.3 is 21.1 Å². The largest absolute Gasteiger partial charge is 0.384 e. The van der Waals surface area contributed by atoms with Crippen molar-refractivity contribution in [1.82, 2.24) is 4.90 Å². The molecule has 1 saturated heterocycles. The number of methoxy groups -OCH3 is 1. The second-order valence-electron chi connectivity index (χ2n) is 6.00. The molecule has 2 unspecified atom stereocenters. The van der Waals surface area contributed by atoms with Gasteiger partial charge in [-0.3, -0.25) is 4.79 Å². The Hall–Kier alpha value is -0.650. The molecular weight excluding hydrogens is 242 g/mol. The Morgan fingerprint density at radius 2 is 2.21 bits per heavy atom. The van der Waals surface area contributed by atoms with E-state index in [0.717, 1.165) is 32.5 Å². The van der Waals surface area contributed by atoms with Crippen LogP contribution in [-0.2, 0) is 9.53 Å². The van der Waals surface area contributed by atoms with Crippen molar-refractivity contribution in [3.8, 4) is 0 Å². The summed E-state index contributed by atoms with van der Waals surface area (Å²) in [6.45, 7) is 5.96. The molecule has 5 nitrogen and oxygen atoms in total. The minimum Gasteiger partial charge on any atom is -0.384 e. The van der Waals surface area contributed by atoms with Gasteiger partial charge in [-0.1, -0.05) is 0 Å². The summed E-state index contributed by atoms with van der Waals surface area (Å²) in [5.74, 6) is 0.259. The molecular formula is C14H29N3O2. The predicted octanol–water partition coefficient (Wildman–Crippen LogP) is 0.718. The SMILES string of the molecule is COCC1CCCN(CCCCC(C)(N)C(N)=O)C1. The first-order valence-corrected chi connectivity index (χ1v) is 7.26. The highest BCUT2D eigenvalue weighted by atomic mass is 16.5. The number of piperidine rings is 1. The van der Waals surface area contributed by atoms with E-state index in [0.29, 0.717) is 12.3 Å². The molecule has 0 aromatic carbocycles. The smallest absolute Gasteiger partial charge is 0.237 e. The molecule has 112 valence electrons. The van der Waals surface area contributed by atoms with Crippen molar-refractivity contribution in [2.75, 3.05) is 33.4 Å². The number of nitrogens with two attached hydrogens (primary N) is 2. The van der Waals surface area contributed by atoms with Gasteiger partial charge in [-0.25, -0.2) is 0 Å². The van der Waals surface area contributed by atoms with E-state index in [1.54, 1.807) is 14.0 Å². The number of rotatable bonds is 8. The third-order valence-corrected chi connectivity index (χ3v) is 3.99. The van der Waals surface area contributed by atoms with Crippen LogP contribution >= 0.6 is 0 Å². The van der Waals surface area contributed by atoms with E-state index in [4.69, 9.17) is 16.2 Å². The Morgan fingerprint density at radius 3 is 2.84 bits per heavy atom. The predicted molar refractivity (Wildman–Crippen MR) is 76.7 cm³/mol. The zero-order chi connectivity index (χ0) is 14.3. The van der Waals surface area contributed by atoms with Crippen LogP contribution in [0.2, 0.25) is 0 Å². The molecule has 0 bridgehead atoms. The van der Waals surface area contributed by atoms with E-state index in [1.807, 2.05) is 0 Å². The molecule has 0 aliphatic carbocycles. The third kappa shape index (κ3) is 5.89. The number of likely N-dealkylation sites (tertiary alicyclic amines) is 1. The van der Waals surface area contributed by atoms with Gasteiger partial charge in [0.15, 0.2) is 0 Å². The summed E-state index contributed by atoms with van der Waals surface area (Å²) in [5, 5.41) is 0. The number of hydrogen-bond donors (Lipinski definition) is 2. The molecule has 1 aliphatic heterocycles. The maximum absolute atomic E-state index is 11.1. The molecule has 2 atom stereocenters. The van der Waals surface area contributed by atoms with Gasteiger partial charge >= 0.3 is 0 Å². The second kappa shape index (κ2) is 7.82. The van der Waals surface area contributed by atoms with Gasteiger partial charge in [0.05, 0.1) is 12.1 Å². The summed E-state index contributed by atoms with van der Waals surface area (Å²) >= 11 is 0. The fourth-order valence-corrected chi connectivity index (χ4v) is 2.68. The highest BCUT2D eigenvalue weighted by Gasteiger charge is 2.25. The van der Waals surface area contributed by atoms with Crippen LogP contribution in [0.5, 0.6) is 0 Å². The Morgan fingerprint density at radius 1 is 1.47 bits per heavy atom. The van der Waals surface area contributed by atoms with E-state index in [-0.39, 0.29) is 0 Å². The monoisotopic (exact) mass is 271 g/mol. The minimum absolute atomic E-state index is 0.411. The summed E-state index contributed by atoms with van der Waals surface area (Å²) in [4.78, 5) is 13.6. The third-order valence-electron chi connectivity index (χ3n) is 3.99. The molecule has 0 spiro atoms. The highest BCUT2D eigenvalue weighted by molar-refractivity contribution is 5.83. The minimum atomic E-state index is -0.861. The molecule has 4 N–H and O–H groups in total. The van der Waals surface area contributed by atoms with Crippen molar-refractivity contribution >= 4 is 5.91 Å². The van der Waals surface area contributed by atoms with Crippen molar-refractivity contribution < 1.29 is 9.53 Å². The van der Waals surface area contributed by atoms with Crippen LogP contribution < -0.4 is 11.5 Å². The van der Waals surface area contributed by atoms with Crippen LogP contribution in [0.3, 0.4) is 0 Å². The molecule has 0 saturated carbocycles. The fourth-order valence-electron chi connectivity index (χ4n) is 2.68. The van der Waals surface area contributed by atoms with Gasteiger partial charge in [-0.05, 0) is 58.0 Å².